The van der Waals surface area contributed by atoms with E-state index in [1.807, 2.05) is 20.8 Å². The van der Waals surface area contributed by atoms with E-state index in [0.29, 0.717) is 11.5 Å². The third-order valence-electron chi connectivity index (χ3n) is 1.66. The number of nitrogens with zero attached hydrogens (tertiary/aromatic N) is 1. The van der Waals surface area contributed by atoms with E-state index in [2.05, 4.69) is 4.98 Å². The van der Waals surface area contributed by atoms with Crippen molar-refractivity contribution in [3.05, 3.63) is 16.1 Å². The summed E-state index contributed by atoms with van der Waals surface area (Å²) in [6.45, 7) is 6.48. The summed E-state index contributed by atoms with van der Waals surface area (Å²) in [7, 11) is 0. The van der Waals surface area contributed by atoms with E-state index in [9.17, 15) is 4.79 Å². The van der Waals surface area contributed by atoms with Gasteiger partial charge in [0, 0.05) is 12.8 Å². The largest absolute Gasteiger partial charge is 0.369 e. The van der Waals surface area contributed by atoms with E-state index >= 15 is 0 Å². The topological polar surface area (TPSA) is 39.2 Å². The molecule has 0 unspecified atom stereocenters. The van der Waals surface area contributed by atoms with Crippen LogP contribution in [0.5, 0.6) is 0 Å². The van der Waals surface area contributed by atoms with Gasteiger partial charge in [-0.15, -0.1) is 11.3 Å². The first-order valence-electron chi connectivity index (χ1n) is 4.15. The van der Waals surface area contributed by atoms with Crippen LogP contribution in [-0.2, 0) is 10.3 Å². The molecule has 0 saturated carbocycles. The van der Waals surface area contributed by atoms with Crippen LogP contribution in [0.15, 0.2) is 6.20 Å². The maximum absolute atomic E-state index is 10.4. The second-order valence-corrected chi connectivity index (χ2v) is 4.19. The van der Waals surface area contributed by atoms with E-state index in [0.717, 1.165) is 11.3 Å². The molecular weight excluding hydrogens is 186 g/mol. The molecule has 0 N–H and O–H groups in total. The zero-order valence-corrected chi connectivity index (χ0v) is 8.85. The van der Waals surface area contributed by atoms with Gasteiger partial charge in [0.15, 0.2) is 6.29 Å². The van der Waals surface area contributed by atoms with Crippen LogP contribution in [0, 0.1) is 0 Å². The first-order valence-corrected chi connectivity index (χ1v) is 4.97. The van der Waals surface area contributed by atoms with Crippen molar-refractivity contribution in [1.29, 1.82) is 0 Å². The summed E-state index contributed by atoms with van der Waals surface area (Å²) < 4.78 is 5.51. The van der Waals surface area contributed by atoms with Crippen molar-refractivity contribution in [2.45, 2.75) is 26.4 Å². The van der Waals surface area contributed by atoms with E-state index in [1.54, 1.807) is 6.20 Å². The van der Waals surface area contributed by atoms with Crippen molar-refractivity contribution in [1.82, 2.24) is 4.98 Å². The molecule has 0 aliphatic rings. The summed E-state index contributed by atoms with van der Waals surface area (Å²) in [5.41, 5.74) is -0.388. The van der Waals surface area contributed by atoms with Crippen LogP contribution >= 0.6 is 11.3 Å². The zero-order valence-electron chi connectivity index (χ0n) is 8.03. The molecule has 0 spiro atoms. The number of carbonyl (C=O) groups is 1. The summed E-state index contributed by atoms with van der Waals surface area (Å²) >= 11 is 1.38. The molecule has 0 amide bonds. The first-order chi connectivity index (χ1) is 6.10. The quantitative estimate of drug-likeness (QED) is 0.698. The molecule has 4 heteroatoms. The van der Waals surface area contributed by atoms with Crippen LogP contribution in [0.4, 0.5) is 0 Å². The van der Waals surface area contributed by atoms with Crippen molar-refractivity contribution in [2.75, 3.05) is 6.61 Å². The molecule has 72 valence electrons. The maximum Gasteiger partial charge on any atom is 0.161 e. The van der Waals surface area contributed by atoms with Crippen molar-refractivity contribution in [3.63, 3.8) is 0 Å². The fourth-order valence-corrected chi connectivity index (χ4v) is 1.83. The minimum Gasteiger partial charge on any atom is -0.369 e. The van der Waals surface area contributed by atoms with Crippen LogP contribution in [0.1, 0.15) is 35.5 Å². The Morgan fingerprint density at radius 3 is 2.85 bits per heavy atom. The number of rotatable bonds is 4. The second kappa shape index (κ2) is 3.98. The van der Waals surface area contributed by atoms with Gasteiger partial charge in [0.2, 0.25) is 0 Å². The molecule has 1 aromatic rings. The van der Waals surface area contributed by atoms with Crippen LogP contribution < -0.4 is 0 Å². The number of aldehydes is 1. The smallest absolute Gasteiger partial charge is 0.161 e. The zero-order chi connectivity index (χ0) is 9.90. The molecule has 0 atom stereocenters. The molecule has 0 aliphatic carbocycles. The SMILES string of the molecule is CCOC(C)(C)c1ncc(C=O)s1. The molecule has 0 fully saturated rings. The molecular formula is C9H13NO2S. The van der Waals surface area contributed by atoms with Gasteiger partial charge >= 0.3 is 0 Å². The first kappa shape index (κ1) is 10.3. The lowest BCUT2D eigenvalue weighted by Crippen LogP contribution is -2.21. The fraction of sp³-hybridized carbons (Fsp3) is 0.556. The van der Waals surface area contributed by atoms with Crippen molar-refractivity contribution in [2.24, 2.45) is 0 Å². The molecule has 1 rings (SSSR count). The van der Waals surface area contributed by atoms with Crippen molar-refractivity contribution < 1.29 is 9.53 Å². The van der Waals surface area contributed by atoms with Gasteiger partial charge in [0.05, 0.1) is 4.88 Å². The van der Waals surface area contributed by atoms with E-state index in [4.69, 9.17) is 4.74 Å². The van der Waals surface area contributed by atoms with Crippen LogP contribution in [0.2, 0.25) is 0 Å². The van der Waals surface area contributed by atoms with Gasteiger partial charge in [0.1, 0.15) is 10.6 Å². The lowest BCUT2D eigenvalue weighted by atomic mass is 10.1. The van der Waals surface area contributed by atoms with Crippen molar-refractivity contribution in [3.8, 4) is 0 Å². The Morgan fingerprint density at radius 1 is 1.69 bits per heavy atom. The number of hydrogen-bond donors (Lipinski definition) is 0. The monoisotopic (exact) mass is 199 g/mol. The van der Waals surface area contributed by atoms with Crippen LogP contribution in [0.3, 0.4) is 0 Å². The highest BCUT2D eigenvalue weighted by molar-refractivity contribution is 7.13. The molecule has 0 radical (unpaired) electrons. The van der Waals surface area contributed by atoms with E-state index in [-0.39, 0.29) is 5.60 Å². The Balaban J connectivity index is 2.86. The standard InChI is InChI=1S/C9H13NO2S/c1-4-12-9(2,3)8-10-5-7(6-11)13-8/h5-6H,4H2,1-3H3. The van der Waals surface area contributed by atoms with Gasteiger partial charge in [-0.2, -0.15) is 0 Å². The highest BCUT2D eigenvalue weighted by Crippen LogP contribution is 2.27. The van der Waals surface area contributed by atoms with E-state index < -0.39 is 0 Å². The van der Waals surface area contributed by atoms with E-state index in [1.165, 1.54) is 11.3 Å². The summed E-state index contributed by atoms with van der Waals surface area (Å²) in [5, 5.41) is 0.844. The number of ether oxygens (including phenoxy) is 1. The second-order valence-electron chi connectivity index (χ2n) is 3.13. The summed E-state index contributed by atoms with van der Waals surface area (Å²) in [6.07, 6.45) is 2.39. The molecule has 0 bridgehead atoms. The normalized spacial score (nSPS) is 11.6. The molecule has 0 saturated heterocycles. The lowest BCUT2D eigenvalue weighted by molar-refractivity contribution is -0.0141. The molecule has 1 heterocycles. The Hall–Kier alpha value is -0.740. The third-order valence-corrected chi connectivity index (χ3v) is 2.89. The summed E-state index contributed by atoms with van der Waals surface area (Å²) in [5.74, 6) is 0. The Kier molecular flexibility index (Phi) is 3.17. The minimum atomic E-state index is -0.388. The predicted octanol–water partition coefficient (Wildman–Crippen LogP) is 2.23. The Labute approximate surface area is 81.8 Å². The highest BCUT2D eigenvalue weighted by atomic mass is 32.1. The number of carbonyl (C=O) groups excluding carboxylic acids is 1. The van der Waals surface area contributed by atoms with Gasteiger partial charge in [-0.1, -0.05) is 0 Å². The third kappa shape index (κ3) is 2.35. The van der Waals surface area contributed by atoms with Gasteiger partial charge in [0.25, 0.3) is 0 Å². The van der Waals surface area contributed by atoms with Gasteiger partial charge < -0.3 is 4.74 Å². The highest BCUT2D eigenvalue weighted by Gasteiger charge is 2.24. The lowest BCUT2D eigenvalue weighted by Gasteiger charge is -2.21. The van der Waals surface area contributed by atoms with Gasteiger partial charge in [-0.25, -0.2) is 4.98 Å². The van der Waals surface area contributed by atoms with Gasteiger partial charge in [-0.3, -0.25) is 4.79 Å². The molecule has 3 nitrogen and oxygen atoms in total. The molecule has 13 heavy (non-hydrogen) atoms. The number of hydrogen-bond acceptors (Lipinski definition) is 4. The predicted molar refractivity (Wildman–Crippen MR) is 52.2 cm³/mol. The average molecular weight is 199 g/mol. The number of aromatic nitrogens is 1. The van der Waals surface area contributed by atoms with Crippen molar-refractivity contribution >= 4 is 17.6 Å². The Bertz CT molecular complexity index is 294. The number of thiazole rings is 1. The summed E-state index contributed by atoms with van der Waals surface area (Å²) in [4.78, 5) is 15.2. The van der Waals surface area contributed by atoms with Gasteiger partial charge in [-0.05, 0) is 20.8 Å². The molecule has 1 aromatic heterocycles. The maximum atomic E-state index is 10.4. The molecule has 0 aromatic carbocycles. The van der Waals surface area contributed by atoms with Crippen LogP contribution in [0.25, 0.3) is 0 Å². The average Bonchev–Trinajstić information content (AvgIpc) is 2.52. The van der Waals surface area contributed by atoms with Crippen LogP contribution in [-0.4, -0.2) is 17.9 Å². The fourth-order valence-electron chi connectivity index (χ4n) is 1.04. The Morgan fingerprint density at radius 2 is 2.38 bits per heavy atom. The molecule has 0 aliphatic heterocycles. The minimum absolute atomic E-state index is 0.388. The summed E-state index contributed by atoms with van der Waals surface area (Å²) in [6, 6.07) is 0.